The van der Waals surface area contributed by atoms with Crippen molar-refractivity contribution in [2.75, 3.05) is 27.2 Å². The number of hydrogen-bond donors (Lipinski definition) is 1. The van der Waals surface area contributed by atoms with Crippen LogP contribution in [0.3, 0.4) is 0 Å². The number of rotatable bonds is 6. The van der Waals surface area contributed by atoms with Gasteiger partial charge in [-0.15, -0.1) is 0 Å². The Hall–Kier alpha value is -3.67. The van der Waals surface area contributed by atoms with E-state index >= 15 is 0 Å². The van der Waals surface area contributed by atoms with E-state index < -0.39 is 5.41 Å². The van der Waals surface area contributed by atoms with Crippen LogP contribution in [0, 0.1) is 5.41 Å². The lowest BCUT2D eigenvalue weighted by atomic mass is 9.78. The van der Waals surface area contributed by atoms with E-state index in [1.807, 2.05) is 36.5 Å². The van der Waals surface area contributed by atoms with Gasteiger partial charge in [0.2, 0.25) is 5.91 Å². The Morgan fingerprint density at radius 3 is 2.72 bits per heavy atom. The largest absolute Gasteiger partial charge is 0.497 e. The number of carbonyl (C=O) groups excluding carboxylic acids is 2. The molecule has 0 spiro atoms. The zero-order valence-corrected chi connectivity index (χ0v) is 18.4. The van der Waals surface area contributed by atoms with Crippen LogP contribution >= 0.6 is 0 Å². The van der Waals surface area contributed by atoms with Crippen LogP contribution < -0.4 is 10.1 Å². The zero-order chi connectivity index (χ0) is 22.6. The van der Waals surface area contributed by atoms with Crippen molar-refractivity contribution in [1.82, 2.24) is 15.2 Å². The van der Waals surface area contributed by atoms with Crippen LogP contribution in [0.25, 0.3) is 11.1 Å². The van der Waals surface area contributed by atoms with Gasteiger partial charge in [-0.2, -0.15) is 0 Å². The lowest BCUT2D eigenvalue weighted by Crippen LogP contribution is -2.44. The number of nitrogens with zero attached hydrogens (tertiary/aromatic N) is 2. The summed E-state index contributed by atoms with van der Waals surface area (Å²) in [5.41, 5.74) is 3.01. The summed E-state index contributed by atoms with van der Waals surface area (Å²) in [4.78, 5) is 32.3. The van der Waals surface area contributed by atoms with E-state index in [2.05, 4.69) is 22.4 Å². The maximum absolute atomic E-state index is 13.2. The maximum atomic E-state index is 13.2. The Morgan fingerprint density at radius 2 is 1.97 bits per heavy atom. The maximum Gasteiger partial charge on any atom is 0.254 e. The molecule has 1 aliphatic heterocycles. The van der Waals surface area contributed by atoms with Crippen molar-refractivity contribution in [3.8, 4) is 16.9 Å². The molecule has 0 unspecified atom stereocenters. The lowest BCUT2D eigenvalue weighted by molar-refractivity contribution is -0.129. The normalized spacial score (nSPS) is 17.8. The van der Waals surface area contributed by atoms with Gasteiger partial charge in [-0.1, -0.05) is 36.4 Å². The molecule has 32 heavy (non-hydrogen) atoms. The standard InChI is InChI=1S/C26H27N3O3/c1-27-25(31)26(16-20-7-3-4-11-23(20)21-9-6-13-28-17-21)12-14-29(18-26)24(30)19-8-5-10-22(15-19)32-2/h3-11,13,15,17H,12,14,16,18H2,1-2H3,(H,27,31)/t26-/m0/s1. The van der Waals surface area contributed by atoms with Gasteiger partial charge in [-0.25, -0.2) is 0 Å². The predicted molar refractivity (Wildman–Crippen MR) is 123 cm³/mol. The molecule has 1 N–H and O–H groups in total. The fraction of sp³-hybridized carbons (Fsp3) is 0.269. The van der Waals surface area contributed by atoms with Gasteiger partial charge in [0.1, 0.15) is 5.75 Å². The van der Waals surface area contributed by atoms with Crippen LogP contribution in [-0.2, 0) is 11.2 Å². The SMILES string of the molecule is CNC(=O)[C@]1(Cc2ccccc2-c2cccnc2)CCN(C(=O)c2cccc(OC)c2)C1. The minimum absolute atomic E-state index is 0.0422. The molecule has 1 aromatic heterocycles. The van der Waals surface area contributed by atoms with Crippen LogP contribution in [0.2, 0.25) is 0 Å². The molecule has 6 heteroatoms. The molecule has 2 amide bonds. The highest BCUT2D eigenvalue weighted by Gasteiger charge is 2.46. The summed E-state index contributed by atoms with van der Waals surface area (Å²) in [5, 5.41) is 2.84. The van der Waals surface area contributed by atoms with Crippen molar-refractivity contribution in [2.24, 2.45) is 5.41 Å². The fourth-order valence-corrected chi connectivity index (χ4v) is 4.50. The molecule has 0 saturated carbocycles. The lowest BCUT2D eigenvalue weighted by Gasteiger charge is -2.28. The monoisotopic (exact) mass is 429 g/mol. The van der Waals surface area contributed by atoms with Crippen LogP contribution in [0.1, 0.15) is 22.3 Å². The molecular weight excluding hydrogens is 402 g/mol. The van der Waals surface area contributed by atoms with E-state index in [4.69, 9.17) is 4.74 Å². The van der Waals surface area contributed by atoms with Crippen molar-refractivity contribution in [3.05, 3.63) is 84.2 Å². The van der Waals surface area contributed by atoms with Crippen LogP contribution in [0.5, 0.6) is 5.75 Å². The van der Waals surface area contributed by atoms with Crippen molar-refractivity contribution in [2.45, 2.75) is 12.8 Å². The first-order chi connectivity index (χ1) is 15.6. The van der Waals surface area contributed by atoms with Gasteiger partial charge in [0.05, 0.1) is 12.5 Å². The van der Waals surface area contributed by atoms with Gasteiger partial charge in [-0.3, -0.25) is 14.6 Å². The first-order valence-corrected chi connectivity index (χ1v) is 10.7. The average molecular weight is 430 g/mol. The molecular formula is C26H27N3O3. The highest BCUT2D eigenvalue weighted by molar-refractivity contribution is 5.96. The van der Waals surface area contributed by atoms with Gasteiger partial charge < -0.3 is 15.0 Å². The Bertz CT molecular complexity index is 1120. The van der Waals surface area contributed by atoms with E-state index in [0.717, 1.165) is 16.7 Å². The summed E-state index contributed by atoms with van der Waals surface area (Å²) >= 11 is 0. The zero-order valence-electron chi connectivity index (χ0n) is 18.4. The summed E-state index contributed by atoms with van der Waals surface area (Å²) in [6.45, 7) is 0.891. The van der Waals surface area contributed by atoms with E-state index in [9.17, 15) is 9.59 Å². The number of nitrogens with one attached hydrogen (secondary N) is 1. The predicted octanol–water partition coefficient (Wildman–Crippen LogP) is 3.58. The molecule has 0 radical (unpaired) electrons. The topological polar surface area (TPSA) is 71.5 Å². The first kappa shape index (κ1) is 21.6. The number of methoxy groups -OCH3 is 1. The number of ether oxygens (including phenoxy) is 1. The van der Waals surface area contributed by atoms with Gasteiger partial charge in [0.15, 0.2) is 0 Å². The molecule has 6 nitrogen and oxygen atoms in total. The minimum atomic E-state index is -0.693. The Morgan fingerprint density at radius 1 is 1.12 bits per heavy atom. The molecule has 1 saturated heterocycles. The Kier molecular flexibility index (Phi) is 6.21. The Labute approximate surface area is 188 Å². The quantitative estimate of drug-likeness (QED) is 0.650. The number of aromatic nitrogens is 1. The smallest absolute Gasteiger partial charge is 0.254 e. The highest BCUT2D eigenvalue weighted by atomic mass is 16.5. The van der Waals surface area contributed by atoms with Crippen LogP contribution in [0.15, 0.2) is 73.1 Å². The first-order valence-electron chi connectivity index (χ1n) is 10.7. The number of likely N-dealkylation sites (tertiary alicyclic amines) is 1. The second-order valence-corrected chi connectivity index (χ2v) is 8.14. The van der Waals surface area contributed by atoms with Gasteiger partial charge >= 0.3 is 0 Å². The van der Waals surface area contributed by atoms with E-state index in [0.29, 0.717) is 37.2 Å². The summed E-state index contributed by atoms with van der Waals surface area (Å²) in [6, 6.07) is 19.1. The molecule has 0 bridgehead atoms. The van der Waals surface area contributed by atoms with E-state index in [-0.39, 0.29) is 11.8 Å². The van der Waals surface area contributed by atoms with Crippen LogP contribution in [0.4, 0.5) is 0 Å². The summed E-state index contributed by atoms with van der Waals surface area (Å²) in [5.74, 6) is 0.507. The molecule has 2 heterocycles. The third-order valence-electron chi connectivity index (χ3n) is 6.19. The van der Waals surface area contributed by atoms with E-state index in [1.165, 1.54) is 0 Å². The van der Waals surface area contributed by atoms with Crippen molar-refractivity contribution in [3.63, 3.8) is 0 Å². The number of amides is 2. The van der Waals surface area contributed by atoms with E-state index in [1.54, 1.807) is 43.5 Å². The molecule has 4 rings (SSSR count). The summed E-state index contributed by atoms with van der Waals surface area (Å²) in [6.07, 6.45) is 4.72. The number of benzene rings is 2. The van der Waals surface area contributed by atoms with Crippen molar-refractivity contribution >= 4 is 11.8 Å². The van der Waals surface area contributed by atoms with Crippen LogP contribution in [-0.4, -0.2) is 48.9 Å². The average Bonchev–Trinajstić information content (AvgIpc) is 3.29. The van der Waals surface area contributed by atoms with Crippen molar-refractivity contribution < 1.29 is 14.3 Å². The fourth-order valence-electron chi connectivity index (χ4n) is 4.50. The molecule has 1 fully saturated rings. The number of carbonyl (C=O) groups is 2. The van der Waals surface area contributed by atoms with Gasteiger partial charge in [0.25, 0.3) is 5.91 Å². The second kappa shape index (κ2) is 9.22. The third-order valence-corrected chi connectivity index (χ3v) is 6.19. The molecule has 3 aromatic rings. The molecule has 2 aromatic carbocycles. The molecule has 1 aliphatic rings. The molecule has 0 aliphatic carbocycles. The number of pyridine rings is 1. The second-order valence-electron chi connectivity index (χ2n) is 8.14. The summed E-state index contributed by atoms with van der Waals surface area (Å²) in [7, 11) is 3.24. The summed E-state index contributed by atoms with van der Waals surface area (Å²) < 4.78 is 5.26. The highest BCUT2D eigenvalue weighted by Crippen LogP contribution is 2.38. The van der Waals surface area contributed by atoms with Gasteiger partial charge in [-0.05, 0) is 48.2 Å². The number of hydrogen-bond acceptors (Lipinski definition) is 4. The van der Waals surface area contributed by atoms with Crippen molar-refractivity contribution in [1.29, 1.82) is 0 Å². The molecule has 164 valence electrons. The molecule has 1 atom stereocenters. The van der Waals surface area contributed by atoms with Gasteiger partial charge in [0, 0.05) is 43.7 Å². The third kappa shape index (κ3) is 4.21. The minimum Gasteiger partial charge on any atom is -0.497 e. The Balaban J connectivity index is 1.63.